The molecule has 1 aromatic rings. The van der Waals surface area contributed by atoms with Gasteiger partial charge in [-0.1, -0.05) is 19.8 Å². The predicted octanol–water partition coefficient (Wildman–Crippen LogP) is 3.59. The molecule has 19 heavy (non-hydrogen) atoms. The van der Waals surface area contributed by atoms with Crippen LogP contribution in [0.4, 0.5) is 11.4 Å². The Balaban J connectivity index is 2.17. The zero-order valence-corrected chi connectivity index (χ0v) is 11.4. The van der Waals surface area contributed by atoms with Gasteiger partial charge in [0.25, 0.3) is 5.69 Å². The molecule has 2 atom stereocenters. The first-order chi connectivity index (χ1) is 9.10. The number of rotatable bonds is 4. The van der Waals surface area contributed by atoms with E-state index in [0.29, 0.717) is 17.7 Å². The van der Waals surface area contributed by atoms with E-state index < -0.39 is 0 Å². The maximum atomic E-state index is 10.8. The molecule has 1 aromatic carbocycles. The van der Waals surface area contributed by atoms with Crippen molar-refractivity contribution in [3.05, 3.63) is 28.3 Å². The maximum absolute atomic E-state index is 10.8. The molecule has 0 aliphatic heterocycles. The van der Waals surface area contributed by atoms with Crippen LogP contribution >= 0.6 is 0 Å². The minimum absolute atomic E-state index is 0.0900. The van der Waals surface area contributed by atoms with Gasteiger partial charge in [-0.3, -0.25) is 10.1 Å². The fraction of sp³-hybridized carbons (Fsp3) is 0.571. The molecule has 104 valence electrons. The van der Waals surface area contributed by atoms with E-state index in [4.69, 9.17) is 4.74 Å². The van der Waals surface area contributed by atoms with Gasteiger partial charge in [-0.2, -0.15) is 0 Å². The fourth-order valence-electron chi connectivity index (χ4n) is 2.71. The minimum Gasteiger partial charge on any atom is -0.495 e. The number of ether oxygens (including phenoxy) is 1. The number of non-ortho nitro benzene ring substituents is 1. The summed E-state index contributed by atoms with van der Waals surface area (Å²) in [4.78, 5) is 10.5. The molecule has 0 spiro atoms. The van der Waals surface area contributed by atoms with Gasteiger partial charge in [-0.05, 0) is 24.8 Å². The number of benzene rings is 1. The Hall–Kier alpha value is -1.78. The minimum atomic E-state index is -0.381. The summed E-state index contributed by atoms with van der Waals surface area (Å²) in [6, 6.07) is 5.04. The molecular weight excluding hydrogens is 244 g/mol. The summed E-state index contributed by atoms with van der Waals surface area (Å²) in [5, 5.41) is 14.2. The van der Waals surface area contributed by atoms with Gasteiger partial charge in [0.2, 0.25) is 0 Å². The van der Waals surface area contributed by atoms with Crippen LogP contribution in [0.15, 0.2) is 18.2 Å². The number of hydrogen-bond donors (Lipinski definition) is 1. The SMILES string of the molecule is COc1ccc([N+](=O)[O-])cc1NC1CCCC(C)C1. The number of nitrogens with one attached hydrogen (secondary N) is 1. The van der Waals surface area contributed by atoms with E-state index in [1.54, 1.807) is 19.2 Å². The molecule has 5 heteroatoms. The molecule has 1 saturated carbocycles. The molecule has 2 rings (SSSR count). The van der Waals surface area contributed by atoms with E-state index in [-0.39, 0.29) is 10.6 Å². The van der Waals surface area contributed by atoms with Crippen LogP contribution in [-0.2, 0) is 0 Å². The standard InChI is InChI=1S/C14H20N2O3/c1-10-4-3-5-11(8-10)15-13-9-12(16(17)18)6-7-14(13)19-2/h6-7,9-11,15H,3-5,8H2,1-2H3. The van der Waals surface area contributed by atoms with E-state index in [1.807, 2.05) is 0 Å². The monoisotopic (exact) mass is 264 g/mol. The van der Waals surface area contributed by atoms with E-state index in [2.05, 4.69) is 12.2 Å². The summed E-state index contributed by atoms with van der Waals surface area (Å²) >= 11 is 0. The number of nitrogens with zero attached hydrogens (tertiary/aromatic N) is 1. The summed E-state index contributed by atoms with van der Waals surface area (Å²) < 4.78 is 5.26. The smallest absolute Gasteiger partial charge is 0.271 e. The average molecular weight is 264 g/mol. The first-order valence-electron chi connectivity index (χ1n) is 6.69. The second-order valence-corrected chi connectivity index (χ2v) is 5.25. The Labute approximate surface area is 113 Å². The number of nitro groups is 1. The first-order valence-corrected chi connectivity index (χ1v) is 6.69. The molecule has 0 radical (unpaired) electrons. The summed E-state index contributed by atoms with van der Waals surface area (Å²) in [6.07, 6.45) is 4.68. The molecule has 2 unspecified atom stereocenters. The van der Waals surface area contributed by atoms with E-state index in [1.165, 1.54) is 18.9 Å². The molecule has 1 aliphatic rings. The van der Waals surface area contributed by atoms with Gasteiger partial charge in [0.1, 0.15) is 5.75 Å². The van der Waals surface area contributed by atoms with Crippen LogP contribution in [0, 0.1) is 16.0 Å². The van der Waals surface area contributed by atoms with Crippen LogP contribution < -0.4 is 10.1 Å². The summed E-state index contributed by atoms with van der Waals surface area (Å²) in [5.74, 6) is 1.36. The molecule has 1 N–H and O–H groups in total. The van der Waals surface area contributed by atoms with Gasteiger partial charge in [0.15, 0.2) is 0 Å². The normalized spacial score (nSPS) is 22.8. The largest absolute Gasteiger partial charge is 0.495 e. The van der Waals surface area contributed by atoms with Gasteiger partial charge < -0.3 is 10.1 Å². The van der Waals surface area contributed by atoms with E-state index >= 15 is 0 Å². The zero-order valence-electron chi connectivity index (χ0n) is 11.4. The van der Waals surface area contributed by atoms with Crippen LogP contribution in [0.5, 0.6) is 5.75 Å². The van der Waals surface area contributed by atoms with Crippen molar-refractivity contribution in [3.8, 4) is 5.75 Å². The molecule has 0 amide bonds. The van der Waals surface area contributed by atoms with Gasteiger partial charge >= 0.3 is 0 Å². The van der Waals surface area contributed by atoms with Gasteiger partial charge in [-0.15, -0.1) is 0 Å². The predicted molar refractivity (Wildman–Crippen MR) is 74.7 cm³/mol. The summed E-state index contributed by atoms with van der Waals surface area (Å²) in [6.45, 7) is 2.25. The van der Waals surface area contributed by atoms with Crippen LogP contribution in [0.2, 0.25) is 0 Å². The number of methoxy groups -OCH3 is 1. The third-order valence-corrected chi connectivity index (χ3v) is 3.69. The highest BCUT2D eigenvalue weighted by molar-refractivity contribution is 5.62. The van der Waals surface area contributed by atoms with Gasteiger partial charge in [-0.25, -0.2) is 0 Å². The molecule has 0 heterocycles. The summed E-state index contributed by atoms with van der Waals surface area (Å²) in [5.41, 5.74) is 0.808. The molecule has 1 fully saturated rings. The Morgan fingerprint density at radius 3 is 2.84 bits per heavy atom. The fourth-order valence-corrected chi connectivity index (χ4v) is 2.71. The Kier molecular flexibility index (Phi) is 4.24. The van der Waals surface area contributed by atoms with Crippen molar-refractivity contribution in [3.63, 3.8) is 0 Å². The Morgan fingerprint density at radius 1 is 1.42 bits per heavy atom. The lowest BCUT2D eigenvalue weighted by atomic mass is 9.87. The lowest BCUT2D eigenvalue weighted by Crippen LogP contribution is -2.26. The van der Waals surface area contributed by atoms with E-state index in [0.717, 1.165) is 18.5 Å². The summed E-state index contributed by atoms with van der Waals surface area (Å²) in [7, 11) is 1.58. The average Bonchev–Trinajstić information content (AvgIpc) is 2.38. The van der Waals surface area contributed by atoms with Crippen LogP contribution in [-0.4, -0.2) is 18.1 Å². The third-order valence-electron chi connectivity index (χ3n) is 3.69. The van der Waals surface area contributed by atoms with Crippen molar-refractivity contribution in [1.82, 2.24) is 0 Å². The van der Waals surface area contributed by atoms with Gasteiger partial charge in [0.05, 0.1) is 17.7 Å². The molecular formula is C14H20N2O3. The van der Waals surface area contributed by atoms with Crippen molar-refractivity contribution >= 4 is 11.4 Å². The highest BCUT2D eigenvalue weighted by Gasteiger charge is 2.20. The highest BCUT2D eigenvalue weighted by Crippen LogP contribution is 2.32. The molecule has 0 aromatic heterocycles. The second-order valence-electron chi connectivity index (χ2n) is 5.25. The van der Waals surface area contributed by atoms with Crippen molar-refractivity contribution in [2.24, 2.45) is 5.92 Å². The molecule has 1 aliphatic carbocycles. The molecule has 0 saturated heterocycles. The number of hydrogen-bond acceptors (Lipinski definition) is 4. The lowest BCUT2D eigenvalue weighted by Gasteiger charge is -2.28. The second kappa shape index (κ2) is 5.91. The van der Waals surface area contributed by atoms with Crippen LogP contribution in [0.1, 0.15) is 32.6 Å². The van der Waals surface area contributed by atoms with Crippen molar-refractivity contribution in [2.45, 2.75) is 38.6 Å². The number of nitro benzene ring substituents is 1. The topological polar surface area (TPSA) is 64.4 Å². The van der Waals surface area contributed by atoms with Crippen LogP contribution in [0.25, 0.3) is 0 Å². The van der Waals surface area contributed by atoms with E-state index in [9.17, 15) is 10.1 Å². The zero-order chi connectivity index (χ0) is 13.8. The first kappa shape index (κ1) is 13.6. The van der Waals surface area contributed by atoms with Crippen molar-refractivity contribution in [1.29, 1.82) is 0 Å². The lowest BCUT2D eigenvalue weighted by molar-refractivity contribution is -0.384. The molecule has 0 bridgehead atoms. The Bertz CT molecular complexity index is 462. The van der Waals surface area contributed by atoms with Crippen LogP contribution in [0.3, 0.4) is 0 Å². The molecule has 5 nitrogen and oxygen atoms in total. The highest BCUT2D eigenvalue weighted by atomic mass is 16.6. The van der Waals surface area contributed by atoms with Crippen molar-refractivity contribution < 1.29 is 9.66 Å². The number of anilines is 1. The third kappa shape index (κ3) is 3.36. The van der Waals surface area contributed by atoms with Gasteiger partial charge in [0, 0.05) is 18.2 Å². The quantitative estimate of drug-likeness (QED) is 0.666. The van der Waals surface area contributed by atoms with Crippen molar-refractivity contribution in [2.75, 3.05) is 12.4 Å². The maximum Gasteiger partial charge on any atom is 0.271 e. The Morgan fingerprint density at radius 2 is 2.21 bits per heavy atom.